The second kappa shape index (κ2) is 1.92. The summed E-state index contributed by atoms with van der Waals surface area (Å²) in [7, 11) is 0. The largest absolute Gasteiger partial charge is 0.289 e. The third-order valence-corrected chi connectivity index (χ3v) is 0.951. The molecule has 1 aliphatic rings. The van der Waals surface area contributed by atoms with Crippen molar-refractivity contribution >= 4 is 0 Å². The summed E-state index contributed by atoms with van der Waals surface area (Å²) in [6.45, 7) is 1.83. The van der Waals surface area contributed by atoms with Crippen molar-refractivity contribution in [2.24, 2.45) is 0 Å². The van der Waals surface area contributed by atoms with E-state index in [1.807, 2.05) is 6.07 Å². The van der Waals surface area contributed by atoms with E-state index in [1.165, 1.54) is 0 Å². The smallest absolute Gasteiger partial charge is 0.148 e. The van der Waals surface area contributed by atoms with Crippen LogP contribution < -0.4 is 10.6 Å². The van der Waals surface area contributed by atoms with Crippen molar-refractivity contribution in [2.45, 2.75) is 6.17 Å². The van der Waals surface area contributed by atoms with Crippen molar-refractivity contribution in [3.05, 3.63) is 0 Å². The maximum Gasteiger partial charge on any atom is 0.148 e. The Morgan fingerprint density at radius 1 is 1.43 bits per heavy atom. The van der Waals surface area contributed by atoms with Crippen LogP contribution in [-0.2, 0) is 0 Å². The lowest BCUT2D eigenvalue weighted by Gasteiger charge is -1.93. The number of rotatable bonds is 0. The van der Waals surface area contributed by atoms with Crippen LogP contribution in [-0.4, -0.2) is 19.3 Å². The molecule has 3 heteroatoms. The second-order valence-electron chi connectivity index (χ2n) is 1.47. The topological polar surface area (TPSA) is 47.9 Å². The van der Waals surface area contributed by atoms with Gasteiger partial charge in [-0.1, -0.05) is 0 Å². The Balaban J connectivity index is 2.31. The van der Waals surface area contributed by atoms with Gasteiger partial charge in [-0.05, 0) is 0 Å². The van der Waals surface area contributed by atoms with Gasteiger partial charge in [-0.2, -0.15) is 5.26 Å². The molecule has 1 rings (SSSR count). The molecule has 0 bridgehead atoms. The van der Waals surface area contributed by atoms with Crippen LogP contribution in [0.3, 0.4) is 0 Å². The Morgan fingerprint density at radius 3 is 2.29 bits per heavy atom. The lowest BCUT2D eigenvalue weighted by atomic mass is 10.6. The maximum absolute atomic E-state index is 8.19. The first-order valence-corrected chi connectivity index (χ1v) is 2.30. The summed E-state index contributed by atoms with van der Waals surface area (Å²) in [5, 5.41) is 14.1. The minimum Gasteiger partial charge on any atom is -0.289 e. The standard InChI is InChI=1S/C4H7N3/c5-3-4-6-1-2-7-4/h4,6-7H,1-2H2. The van der Waals surface area contributed by atoms with Crippen molar-refractivity contribution in [3.63, 3.8) is 0 Å². The Bertz CT molecular complexity index is 87.6. The lowest BCUT2D eigenvalue weighted by Crippen LogP contribution is -2.28. The minimum atomic E-state index is -0.0972. The van der Waals surface area contributed by atoms with Gasteiger partial charge in [0.05, 0.1) is 6.07 Å². The molecular weight excluding hydrogens is 90.1 g/mol. The van der Waals surface area contributed by atoms with Gasteiger partial charge in [-0.25, -0.2) is 0 Å². The van der Waals surface area contributed by atoms with Crippen molar-refractivity contribution in [2.75, 3.05) is 13.1 Å². The highest BCUT2D eigenvalue weighted by molar-refractivity contribution is 4.91. The van der Waals surface area contributed by atoms with Gasteiger partial charge >= 0.3 is 0 Å². The van der Waals surface area contributed by atoms with E-state index in [9.17, 15) is 0 Å². The monoisotopic (exact) mass is 97.1 g/mol. The van der Waals surface area contributed by atoms with Gasteiger partial charge in [-0.3, -0.25) is 10.6 Å². The first-order chi connectivity index (χ1) is 3.43. The Kier molecular flexibility index (Phi) is 1.25. The molecular formula is C4H7N3. The summed E-state index contributed by atoms with van der Waals surface area (Å²) in [4.78, 5) is 0. The lowest BCUT2D eigenvalue weighted by molar-refractivity contribution is 0.678. The highest BCUT2D eigenvalue weighted by Gasteiger charge is 2.09. The zero-order valence-corrected chi connectivity index (χ0v) is 3.94. The van der Waals surface area contributed by atoms with E-state index in [4.69, 9.17) is 5.26 Å². The number of nitrogens with one attached hydrogen (secondary N) is 2. The number of hydrogen-bond donors (Lipinski definition) is 2. The zero-order chi connectivity index (χ0) is 5.11. The molecule has 3 nitrogen and oxygen atoms in total. The van der Waals surface area contributed by atoms with Crippen molar-refractivity contribution in [1.29, 1.82) is 5.26 Å². The normalized spacial score (nSPS) is 22.1. The number of nitrogens with zero attached hydrogens (tertiary/aromatic N) is 1. The van der Waals surface area contributed by atoms with E-state index in [-0.39, 0.29) is 6.17 Å². The summed E-state index contributed by atoms with van der Waals surface area (Å²) >= 11 is 0. The molecule has 38 valence electrons. The molecule has 0 aromatic rings. The fourth-order valence-electron chi connectivity index (χ4n) is 0.596. The summed E-state index contributed by atoms with van der Waals surface area (Å²) in [6.07, 6.45) is -0.0972. The molecule has 0 atom stereocenters. The van der Waals surface area contributed by atoms with Crippen molar-refractivity contribution < 1.29 is 0 Å². The fourth-order valence-corrected chi connectivity index (χ4v) is 0.596. The van der Waals surface area contributed by atoms with Gasteiger partial charge < -0.3 is 0 Å². The van der Waals surface area contributed by atoms with Crippen LogP contribution in [0.2, 0.25) is 0 Å². The first-order valence-electron chi connectivity index (χ1n) is 2.30. The van der Waals surface area contributed by atoms with E-state index in [1.54, 1.807) is 0 Å². The predicted molar refractivity (Wildman–Crippen MR) is 25.4 cm³/mol. The third kappa shape index (κ3) is 0.889. The molecule has 2 N–H and O–H groups in total. The molecule has 1 aliphatic heterocycles. The molecule has 1 saturated heterocycles. The number of hydrogen-bond acceptors (Lipinski definition) is 3. The Hall–Kier alpha value is -0.590. The molecule has 0 amide bonds. The van der Waals surface area contributed by atoms with E-state index >= 15 is 0 Å². The molecule has 0 spiro atoms. The Morgan fingerprint density at radius 2 is 2.00 bits per heavy atom. The van der Waals surface area contributed by atoms with Crippen LogP contribution in [0.1, 0.15) is 0 Å². The molecule has 0 radical (unpaired) electrons. The highest BCUT2D eigenvalue weighted by atomic mass is 15.2. The molecule has 0 aromatic heterocycles. The van der Waals surface area contributed by atoms with Crippen LogP contribution in [0.5, 0.6) is 0 Å². The van der Waals surface area contributed by atoms with Gasteiger partial charge in [-0.15, -0.1) is 0 Å². The minimum absolute atomic E-state index is 0.0972. The molecule has 0 aromatic carbocycles. The summed E-state index contributed by atoms with van der Waals surface area (Å²) in [5.74, 6) is 0. The van der Waals surface area contributed by atoms with E-state index in [0.717, 1.165) is 13.1 Å². The maximum atomic E-state index is 8.19. The van der Waals surface area contributed by atoms with Crippen molar-refractivity contribution in [3.8, 4) is 6.07 Å². The third-order valence-electron chi connectivity index (χ3n) is 0.951. The summed E-state index contributed by atoms with van der Waals surface area (Å²) in [6, 6.07) is 2.04. The van der Waals surface area contributed by atoms with Crippen LogP contribution in [0.15, 0.2) is 0 Å². The van der Waals surface area contributed by atoms with Crippen LogP contribution in [0, 0.1) is 11.3 Å². The number of nitriles is 1. The molecule has 0 aliphatic carbocycles. The molecule has 0 unspecified atom stereocenters. The second-order valence-corrected chi connectivity index (χ2v) is 1.47. The van der Waals surface area contributed by atoms with E-state index in [2.05, 4.69) is 10.6 Å². The highest BCUT2D eigenvalue weighted by Crippen LogP contribution is 1.78. The van der Waals surface area contributed by atoms with E-state index in [0.29, 0.717) is 0 Å². The quantitative estimate of drug-likeness (QED) is 0.409. The SMILES string of the molecule is N#CC1NCCN1. The van der Waals surface area contributed by atoms with Crippen LogP contribution >= 0.6 is 0 Å². The van der Waals surface area contributed by atoms with Gasteiger partial charge in [0.2, 0.25) is 0 Å². The van der Waals surface area contributed by atoms with Gasteiger partial charge in [0, 0.05) is 13.1 Å². The summed E-state index contributed by atoms with van der Waals surface area (Å²) < 4.78 is 0. The summed E-state index contributed by atoms with van der Waals surface area (Å²) in [5.41, 5.74) is 0. The predicted octanol–water partition coefficient (Wildman–Crippen LogP) is -0.971. The Labute approximate surface area is 42.3 Å². The molecule has 1 heterocycles. The van der Waals surface area contributed by atoms with Crippen molar-refractivity contribution in [1.82, 2.24) is 10.6 Å². The molecule has 0 saturated carbocycles. The molecule has 7 heavy (non-hydrogen) atoms. The zero-order valence-electron chi connectivity index (χ0n) is 3.94. The van der Waals surface area contributed by atoms with Gasteiger partial charge in [0.1, 0.15) is 6.17 Å². The fraction of sp³-hybridized carbons (Fsp3) is 0.750. The van der Waals surface area contributed by atoms with E-state index < -0.39 is 0 Å². The average molecular weight is 97.1 g/mol. The molecule has 1 fully saturated rings. The van der Waals surface area contributed by atoms with Gasteiger partial charge in [0.25, 0.3) is 0 Å². The first kappa shape index (κ1) is 4.57. The average Bonchev–Trinajstić information content (AvgIpc) is 2.14. The van der Waals surface area contributed by atoms with Crippen LogP contribution in [0.25, 0.3) is 0 Å². The van der Waals surface area contributed by atoms with Gasteiger partial charge in [0.15, 0.2) is 0 Å². The van der Waals surface area contributed by atoms with Crippen LogP contribution in [0.4, 0.5) is 0 Å².